The molecule has 118 valence electrons. The van der Waals surface area contributed by atoms with Crippen LogP contribution in [0.5, 0.6) is 5.75 Å². The first kappa shape index (κ1) is 14.4. The van der Waals surface area contributed by atoms with Gasteiger partial charge in [-0.1, -0.05) is 0 Å². The second kappa shape index (κ2) is 6.50. The van der Waals surface area contributed by atoms with Crippen LogP contribution in [0.1, 0.15) is 12.8 Å². The van der Waals surface area contributed by atoms with Crippen LogP contribution in [0.2, 0.25) is 0 Å². The van der Waals surface area contributed by atoms with Crippen molar-refractivity contribution < 1.29 is 4.74 Å². The monoisotopic (exact) mass is 326 g/mol. The number of nitrogens with zero attached hydrogens (tertiary/aromatic N) is 4. The van der Waals surface area contributed by atoms with E-state index in [1.165, 1.54) is 5.39 Å². The summed E-state index contributed by atoms with van der Waals surface area (Å²) in [6.45, 7) is 2.81. The van der Waals surface area contributed by atoms with E-state index in [1.54, 1.807) is 30.1 Å². The molecule has 0 aliphatic carbocycles. The predicted molar refractivity (Wildman–Crippen MR) is 92.1 cm³/mol. The van der Waals surface area contributed by atoms with E-state index in [0.29, 0.717) is 5.92 Å². The van der Waals surface area contributed by atoms with Gasteiger partial charge < -0.3 is 9.64 Å². The second-order valence-corrected chi connectivity index (χ2v) is 6.66. The quantitative estimate of drug-likeness (QED) is 0.735. The number of thiophene rings is 1. The maximum absolute atomic E-state index is 5.86. The molecule has 0 radical (unpaired) electrons. The minimum atomic E-state index is 0.596. The van der Waals surface area contributed by atoms with Crippen LogP contribution in [0.3, 0.4) is 0 Å². The number of aromatic nitrogens is 3. The zero-order chi connectivity index (χ0) is 15.5. The molecule has 23 heavy (non-hydrogen) atoms. The molecule has 0 spiro atoms. The van der Waals surface area contributed by atoms with Gasteiger partial charge >= 0.3 is 0 Å². The highest BCUT2D eigenvalue weighted by Gasteiger charge is 2.22. The summed E-state index contributed by atoms with van der Waals surface area (Å²) in [6, 6.07) is 5.93. The third kappa shape index (κ3) is 3.12. The van der Waals surface area contributed by atoms with E-state index in [1.807, 2.05) is 12.1 Å². The fraction of sp³-hybridized carbons (Fsp3) is 0.353. The average Bonchev–Trinajstić information content (AvgIpc) is 3.10. The molecular formula is C17H18N4OS. The maximum Gasteiger partial charge on any atom is 0.140 e. The Morgan fingerprint density at radius 1 is 1.13 bits per heavy atom. The van der Waals surface area contributed by atoms with Crippen LogP contribution >= 0.6 is 11.3 Å². The number of fused-ring (bicyclic) bond motifs is 1. The normalized spacial score (nSPS) is 15.9. The van der Waals surface area contributed by atoms with Gasteiger partial charge in [0.2, 0.25) is 0 Å². The van der Waals surface area contributed by atoms with Gasteiger partial charge in [-0.2, -0.15) is 0 Å². The minimum Gasteiger partial charge on any atom is -0.493 e. The van der Waals surface area contributed by atoms with Crippen molar-refractivity contribution >= 4 is 27.4 Å². The molecule has 3 aromatic rings. The van der Waals surface area contributed by atoms with Crippen LogP contribution < -0.4 is 9.64 Å². The maximum atomic E-state index is 5.86. The van der Waals surface area contributed by atoms with Crippen molar-refractivity contribution in [3.63, 3.8) is 0 Å². The van der Waals surface area contributed by atoms with Gasteiger partial charge in [0.1, 0.15) is 22.7 Å². The lowest BCUT2D eigenvalue weighted by atomic mass is 9.97. The minimum absolute atomic E-state index is 0.596. The zero-order valence-corrected chi connectivity index (χ0v) is 13.6. The van der Waals surface area contributed by atoms with Gasteiger partial charge in [0, 0.05) is 25.5 Å². The van der Waals surface area contributed by atoms with Gasteiger partial charge in [-0.25, -0.2) is 9.97 Å². The van der Waals surface area contributed by atoms with E-state index in [9.17, 15) is 0 Å². The summed E-state index contributed by atoms with van der Waals surface area (Å²) in [5.74, 6) is 2.57. The van der Waals surface area contributed by atoms with Crippen LogP contribution in [-0.4, -0.2) is 34.6 Å². The summed E-state index contributed by atoms with van der Waals surface area (Å²) < 4.78 is 5.86. The van der Waals surface area contributed by atoms with Crippen molar-refractivity contribution in [3.05, 3.63) is 42.3 Å². The van der Waals surface area contributed by atoms with E-state index in [-0.39, 0.29) is 0 Å². The van der Waals surface area contributed by atoms with Crippen molar-refractivity contribution in [2.45, 2.75) is 12.8 Å². The molecule has 0 aromatic carbocycles. The van der Waals surface area contributed by atoms with E-state index in [0.717, 1.165) is 48.9 Å². The Bertz CT molecular complexity index is 768. The smallest absolute Gasteiger partial charge is 0.140 e. The zero-order valence-electron chi connectivity index (χ0n) is 12.8. The molecule has 1 aliphatic heterocycles. The first-order chi connectivity index (χ1) is 11.4. The van der Waals surface area contributed by atoms with Gasteiger partial charge in [-0.05, 0) is 42.3 Å². The lowest BCUT2D eigenvalue weighted by Crippen LogP contribution is -2.36. The highest BCUT2D eigenvalue weighted by atomic mass is 32.1. The summed E-state index contributed by atoms with van der Waals surface area (Å²) >= 11 is 1.67. The summed E-state index contributed by atoms with van der Waals surface area (Å²) in [5.41, 5.74) is 0. The molecule has 5 nitrogen and oxygen atoms in total. The Balaban J connectivity index is 1.37. The van der Waals surface area contributed by atoms with Crippen LogP contribution in [0.4, 0.5) is 5.82 Å². The standard InChI is InChI=1S/C17H18N4OS/c1-6-18-7-2-14(1)22-11-13-3-8-21(9-4-13)16-15-5-10-23-17(15)20-12-19-16/h1-2,5-7,10,12-13H,3-4,8-9,11H2. The second-order valence-electron chi connectivity index (χ2n) is 5.76. The molecule has 4 heterocycles. The Kier molecular flexibility index (Phi) is 4.06. The third-order valence-corrected chi connectivity index (χ3v) is 5.11. The molecule has 3 aromatic heterocycles. The Morgan fingerprint density at radius 3 is 2.78 bits per heavy atom. The van der Waals surface area contributed by atoms with Gasteiger partial charge in [0.25, 0.3) is 0 Å². The van der Waals surface area contributed by atoms with Crippen LogP contribution in [0, 0.1) is 5.92 Å². The Morgan fingerprint density at radius 2 is 1.96 bits per heavy atom. The summed E-state index contributed by atoms with van der Waals surface area (Å²) in [4.78, 5) is 16.3. The number of hydrogen-bond acceptors (Lipinski definition) is 6. The SMILES string of the molecule is c1cc(OCC2CCN(c3ncnc4sccc34)CC2)ccn1. The van der Waals surface area contributed by atoms with E-state index >= 15 is 0 Å². The number of anilines is 1. The van der Waals surface area contributed by atoms with Crippen molar-refractivity contribution in [2.24, 2.45) is 5.92 Å². The average molecular weight is 326 g/mol. The van der Waals surface area contributed by atoms with Crippen molar-refractivity contribution in [2.75, 3.05) is 24.6 Å². The third-order valence-electron chi connectivity index (χ3n) is 4.29. The summed E-state index contributed by atoms with van der Waals surface area (Å²) in [5, 5.41) is 3.25. The molecule has 1 saturated heterocycles. The molecular weight excluding hydrogens is 308 g/mol. The number of rotatable bonds is 4. The summed E-state index contributed by atoms with van der Waals surface area (Å²) in [7, 11) is 0. The Hall–Kier alpha value is -2.21. The van der Waals surface area contributed by atoms with Gasteiger partial charge in [0.05, 0.1) is 12.0 Å². The van der Waals surface area contributed by atoms with E-state index in [4.69, 9.17) is 4.74 Å². The van der Waals surface area contributed by atoms with Gasteiger partial charge in [-0.3, -0.25) is 4.98 Å². The fourth-order valence-corrected chi connectivity index (χ4v) is 3.72. The molecule has 1 aliphatic rings. The lowest BCUT2D eigenvalue weighted by Gasteiger charge is -2.32. The molecule has 0 saturated carbocycles. The van der Waals surface area contributed by atoms with Crippen LogP contribution in [0.25, 0.3) is 10.2 Å². The Labute approximate surface area is 139 Å². The molecule has 4 rings (SSSR count). The van der Waals surface area contributed by atoms with E-state index in [2.05, 4.69) is 31.3 Å². The molecule has 0 bridgehead atoms. The van der Waals surface area contributed by atoms with E-state index < -0.39 is 0 Å². The number of ether oxygens (including phenoxy) is 1. The summed E-state index contributed by atoms with van der Waals surface area (Å²) in [6.07, 6.45) is 7.45. The molecule has 0 N–H and O–H groups in total. The van der Waals surface area contributed by atoms with Crippen LogP contribution in [0.15, 0.2) is 42.3 Å². The first-order valence-corrected chi connectivity index (χ1v) is 8.74. The number of hydrogen-bond donors (Lipinski definition) is 0. The highest BCUT2D eigenvalue weighted by Crippen LogP contribution is 2.29. The molecule has 0 amide bonds. The van der Waals surface area contributed by atoms with Crippen molar-refractivity contribution in [1.82, 2.24) is 15.0 Å². The van der Waals surface area contributed by atoms with Gasteiger partial charge in [-0.15, -0.1) is 11.3 Å². The largest absolute Gasteiger partial charge is 0.493 e. The fourth-order valence-electron chi connectivity index (χ4n) is 2.99. The first-order valence-electron chi connectivity index (χ1n) is 7.86. The topological polar surface area (TPSA) is 51.1 Å². The number of piperidine rings is 1. The lowest BCUT2D eigenvalue weighted by molar-refractivity contribution is 0.222. The molecule has 0 unspecified atom stereocenters. The molecule has 0 atom stereocenters. The van der Waals surface area contributed by atoms with Crippen LogP contribution in [-0.2, 0) is 0 Å². The highest BCUT2D eigenvalue weighted by molar-refractivity contribution is 7.16. The molecule has 1 fully saturated rings. The predicted octanol–water partition coefficient (Wildman–Crippen LogP) is 3.38. The van der Waals surface area contributed by atoms with Crippen molar-refractivity contribution in [1.29, 1.82) is 0 Å². The molecule has 6 heteroatoms. The van der Waals surface area contributed by atoms with Crippen molar-refractivity contribution in [3.8, 4) is 5.75 Å². The number of pyridine rings is 1. The van der Waals surface area contributed by atoms with Gasteiger partial charge in [0.15, 0.2) is 0 Å².